The predicted octanol–water partition coefficient (Wildman–Crippen LogP) is 2.12. The number of nitrogens with one attached hydrogen (secondary N) is 1. The van der Waals surface area contributed by atoms with E-state index in [0.29, 0.717) is 11.4 Å². The Kier molecular flexibility index (Phi) is 3.70. The van der Waals surface area contributed by atoms with Crippen LogP contribution in [0.4, 0.5) is 20.2 Å². The Bertz CT molecular complexity index is 617. The molecule has 19 heavy (non-hydrogen) atoms. The Morgan fingerprint density at radius 2 is 2.11 bits per heavy atom. The number of aromatic nitrogens is 1. The normalized spacial score (nSPS) is 10.2. The molecule has 0 bridgehead atoms. The molecule has 2 rings (SSSR count). The summed E-state index contributed by atoms with van der Waals surface area (Å²) < 4.78 is 26.4. The third-order valence-corrected chi connectivity index (χ3v) is 2.51. The highest BCUT2D eigenvalue weighted by Crippen LogP contribution is 2.17. The average Bonchev–Trinajstić information content (AvgIpc) is 2.38. The van der Waals surface area contributed by atoms with Gasteiger partial charge in [0.25, 0.3) is 0 Å². The lowest BCUT2D eigenvalue weighted by Gasteiger charge is -2.08. The number of nitrogens with two attached hydrogens (primary N) is 1. The number of pyridine rings is 1. The van der Waals surface area contributed by atoms with Crippen molar-refractivity contribution in [1.29, 1.82) is 0 Å². The molecular formula is C13H11F2N3O. The van der Waals surface area contributed by atoms with E-state index in [-0.39, 0.29) is 12.0 Å². The van der Waals surface area contributed by atoms with E-state index in [0.717, 1.165) is 6.07 Å². The molecule has 1 amide bonds. The van der Waals surface area contributed by atoms with Crippen molar-refractivity contribution in [1.82, 2.24) is 4.98 Å². The first-order valence-electron chi connectivity index (χ1n) is 5.50. The van der Waals surface area contributed by atoms with Crippen LogP contribution in [0.25, 0.3) is 0 Å². The van der Waals surface area contributed by atoms with Gasteiger partial charge in [-0.3, -0.25) is 9.78 Å². The maximum atomic E-state index is 13.4. The zero-order valence-corrected chi connectivity index (χ0v) is 9.86. The molecule has 0 saturated carbocycles. The highest BCUT2D eigenvalue weighted by Gasteiger charge is 2.12. The molecule has 0 spiro atoms. The summed E-state index contributed by atoms with van der Waals surface area (Å²) >= 11 is 0. The van der Waals surface area contributed by atoms with Crippen LogP contribution in [0.1, 0.15) is 5.56 Å². The van der Waals surface area contributed by atoms with Crippen molar-refractivity contribution in [3.8, 4) is 0 Å². The first kappa shape index (κ1) is 12.9. The number of hydrogen-bond acceptors (Lipinski definition) is 3. The van der Waals surface area contributed by atoms with E-state index in [9.17, 15) is 13.6 Å². The molecule has 4 nitrogen and oxygen atoms in total. The quantitative estimate of drug-likeness (QED) is 0.891. The molecule has 1 aromatic carbocycles. The number of rotatable bonds is 3. The van der Waals surface area contributed by atoms with Crippen LogP contribution in [0.15, 0.2) is 36.7 Å². The molecule has 0 unspecified atom stereocenters. The standard InChI is InChI=1S/C13H11F2N3O/c14-9-3-1-2-8(13(9)15)6-12(19)18-11-4-5-17-7-10(11)16/h1-5,7H,6,16H2,(H,17,18,19). The van der Waals surface area contributed by atoms with Gasteiger partial charge in [0, 0.05) is 11.8 Å². The molecule has 0 atom stereocenters. The zero-order chi connectivity index (χ0) is 13.8. The molecule has 0 radical (unpaired) electrons. The molecule has 6 heteroatoms. The SMILES string of the molecule is Nc1cnccc1NC(=O)Cc1cccc(F)c1F. The summed E-state index contributed by atoms with van der Waals surface area (Å²) in [5.41, 5.74) is 6.28. The summed E-state index contributed by atoms with van der Waals surface area (Å²) in [4.78, 5) is 15.5. The Balaban J connectivity index is 2.10. The maximum absolute atomic E-state index is 13.4. The molecule has 0 saturated heterocycles. The molecule has 0 aliphatic rings. The van der Waals surface area contributed by atoms with Crippen LogP contribution in [0.5, 0.6) is 0 Å². The number of amides is 1. The van der Waals surface area contributed by atoms with Gasteiger partial charge in [-0.1, -0.05) is 12.1 Å². The van der Waals surface area contributed by atoms with E-state index in [1.807, 2.05) is 0 Å². The number of hydrogen-bond donors (Lipinski definition) is 2. The van der Waals surface area contributed by atoms with Crippen LogP contribution in [0.3, 0.4) is 0 Å². The number of carbonyl (C=O) groups excluding carboxylic acids is 1. The lowest BCUT2D eigenvalue weighted by atomic mass is 10.1. The van der Waals surface area contributed by atoms with Crippen LogP contribution in [0.2, 0.25) is 0 Å². The summed E-state index contributed by atoms with van der Waals surface area (Å²) in [6.45, 7) is 0. The molecule has 3 N–H and O–H groups in total. The van der Waals surface area contributed by atoms with Crippen molar-refractivity contribution in [2.24, 2.45) is 0 Å². The smallest absolute Gasteiger partial charge is 0.228 e. The highest BCUT2D eigenvalue weighted by atomic mass is 19.2. The second kappa shape index (κ2) is 5.43. The van der Waals surface area contributed by atoms with Crippen molar-refractivity contribution in [3.63, 3.8) is 0 Å². The van der Waals surface area contributed by atoms with E-state index in [1.165, 1.54) is 30.6 Å². The molecule has 0 aliphatic heterocycles. The van der Waals surface area contributed by atoms with E-state index in [1.54, 1.807) is 0 Å². The van der Waals surface area contributed by atoms with E-state index < -0.39 is 17.5 Å². The number of carbonyl (C=O) groups is 1. The maximum Gasteiger partial charge on any atom is 0.228 e. The molecular weight excluding hydrogens is 252 g/mol. The van der Waals surface area contributed by atoms with Gasteiger partial charge in [0.1, 0.15) is 0 Å². The van der Waals surface area contributed by atoms with E-state index in [2.05, 4.69) is 10.3 Å². The van der Waals surface area contributed by atoms with Crippen molar-refractivity contribution in [2.75, 3.05) is 11.1 Å². The van der Waals surface area contributed by atoms with Gasteiger partial charge in [0.15, 0.2) is 11.6 Å². The van der Waals surface area contributed by atoms with Crippen LogP contribution in [-0.2, 0) is 11.2 Å². The fourth-order valence-electron chi connectivity index (χ4n) is 1.57. The van der Waals surface area contributed by atoms with Gasteiger partial charge < -0.3 is 11.1 Å². The number of nitrogen functional groups attached to an aromatic ring is 1. The highest BCUT2D eigenvalue weighted by molar-refractivity contribution is 5.94. The van der Waals surface area contributed by atoms with E-state index in [4.69, 9.17) is 5.73 Å². The number of anilines is 2. The lowest BCUT2D eigenvalue weighted by molar-refractivity contribution is -0.115. The van der Waals surface area contributed by atoms with Gasteiger partial charge in [-0.25, -0.2) is 8.78 Å². The third-order valence-electron chi connectivity index (χ3n) is 2.51. The Morgan fingerprint density at radius 3 is 2.84 bits per heavy atom. The minimum absolute atomic E-state index is 0.00914. The van der Waals surface area contributed by atoms with Crippen LogP contribution < -0.4 is 11.1 Å². The molecule has 0 fully saturated rings. The van der Waals surface area contributed by atoms with Gasteiger partial charge >= 0.3 is 0 Å². The topological polar surface area (TPSA) is 68.0 Å². The number of benzene rings is 1. The van der Waals surface area contributed by atoms with Crippen molar-refractivity contribution < 1.29 is 13.6 Å². The number of nitrogens with zero attached hydrogens (tertiary/aromatic N) is 1. The first-order chi connectivity index (χ1) is 9.08. The Labute approximate surface area is 108 Å². The largest absolute Gasteiger partial charge is 0.396 e. The molecule has 1 aromatic heterocycles. The van der Waals surface area contributed by atoms with Crippen LogP contribution in [0, 0.1) is 11.6 Å². The molecule has 0 aliphatic carbocycles. The summed E-state index contributed by atoms with van der Waals surface area (Å²) in [5.74, 6) is -2.48. The fourth-order valence-corrected chi connectivity index (χ4v) is 1.57. The lowest BCUT2D eigenvalue weighted by Crippen LogP contribution is -2.16. The first-order valence-corrected chi connectivity index (χ1v) is 5.50. The van der Waals surface area contributed by atoms with Gasteiger partial charge in [-0.15, -0.1) is 0 Å². The van der Waals surface area contributed by atoms with Crippen molar-refractivity contribution in [2.45, 2.75) is 6.42 Å². The third kappa shape index (κ3) is 3.04. The average molecular weight is 263 g/mol. The van der Waals surface area contributed by atoms with Gasteiger partial charge in [0.2, 0.25) is 5.91 Å². The van der Waals surface area contributed by atoms with E-state index >= 15 is 0 Å². The summed E-state index contributed by atoms with van der Waals surface area (Å²) in [6.07, 6.45) is 2.58. The second-order valence-corrected chi connectivity index (χ2v) is 3.90. The van der Waals surface area contributed by atoms with Crippen LogP contribution in [-0.4, -0.2) is 10.9 Å². The van der Waals surface area contributed by atoms with Crippen molar-refractivity contribution >= 4 is 17.3 Å². The van der Waals surface area contributed by atoms with Gasteiger partial charge in [-0.05, 0) is 12.1 Å². The molecule has 2 aromatic rings. The predicted molar refractivity (Wildman–Crippen MR) is 67.3 cm³/mol. The van der Waals surface area contributed by atoms with Gasteiger partial charge in [0.05, 0.1) is 24.0 Å². The monoisotopic (exact) mass is 263 g/mol. The zero-order valence-electron chi connectivity index (χ0n) is 9.86. The molecule has 1 heterocycles. The number of halogens is 2. The van der Waals surface area contributed by atoms with Crippen molar-refractivity contribution in [3.05, 3.63) is 53.9 Å². The second-order valence-electron chi connectivity index (χ2n) is 3.90. The summed E-state index contributed by atoms with van der Waals surface area (Å²) in [6, 6.07) is 5.22. The van der Waals surface area contributed by atoms with Gasteiger partial charge in [-0.2, -0.15) is 0 Å². The van der Waals surface area contributed by atoms with Crippen LogP contribution >= 0.6 is 0 Å². The summed E-state index contributed by atoms with van der Waals surface area (Å²) in [7, 11) is 0. The fraction of sp³-hybridized carbons (Fsp3) is 0.0769. The minimum atomic E-state index is -1.01. The summed E-state index contributed by atoms with van der Waals surface area (Å²) in [5, 5.41) is 2.51. The Morgan fingerprint density at radius 1 is 1.32 bits per heavy atom. The molecule has 98 valence electrons. The Hall–Kier alpha value is -2.50. The minimum Gasteiger partial charge on any atom is -0.396 e.